The summed E-state index contributed by atoms with van der Waals surface area (Å²) in [5.74, 6) is 2.21. The van der Waals surface area contributed by atoms with Crippen LogP contribution in [0, 0.1) is 11.8 Å². The predicted octanol–water partition coefficient (Wildman–Crippen LogP) is 1.60. The maximum Gasteiger partial charge on any atom is 0.119 e. The van der Waals surface area contributed by atoms with Crippen molar-refractivity contribution in [3.63, 3.8) is 0 Å². The summed E-state index contributed by atoms with van der Waals surface area (Å²) >= 11 is 0. The SMILES string of the molecule is COc1cccc(CC2(O)CC3CNCC3C2)c1. The molecule has 1 saturated heterocycles. The highest BCUT2D eigenvalue weighted by Crippen LogP contribution is 2.43. The maximum atomic E-state index is 10.7. The lowest BCUT2D eigenvalue weighted by atomic mass is 9.91. The minimum absolute atomic E-state index is 0.510. The molecule has 3 rings (SSSR count). The van der Waals surface area contributed by atoms with Gasteiger partial charge in [-0.25, -0.2) is 0 Å². The highest BCUT2D eigenvalue weighted by atomic mass is 16.5. The van der Waals surface area contributed by atoms with Gasteiger partial charge in [-0.05, 0) is 55.5 Å². The van der Waals surface area contributed by atoms with Gasteiger partial charge in [0, 0.05) is 6.42 Å². The lowest BCUT2D eigenvalue weighted by Crippen LogP contribution is -2.30. The van der Waals surface area contributed by atoms with Gasteiger partial charge in [-0.1, -0.05) is 12.1 Å². The molecule has 3 heteroatoms. The van der Waals surface area contributed by atoms with Crippen molar-refractivity contribution >= 4 is 0 Å². The molecular weight excluding hydrogens is 226 g/mol. The van der Waals surface area contributed by atoms with E-state index in [1.807, 2.05) is 18.2 Å². The van der Waals surface area contributed by atoms with E-state index in [0.717, 1.165) is 38.1 Å². The lowest BCUT2D eigenvalue weighted by Gasteiger charge is -2.24. The molecule has 2 atom stereocenters. The molecule has 0 bridgehead atoms. The van der Waals surface area contributed by atoms with Gasteiger partial charge in [-0.3, -0.25) is 0 Å². The molecule has 2 fully saturated rings. The zero-order valence-corrected chi connectivity index (χ0v) is 10.9. The van der Waals surface area contributed by atoms with Crippen molar-refractivity contribution in [2.75, 3.05) is 20.2 Å². The van der Waals surface area contributed by atoms with Crippen LogP contribution in [-0.2, 0) is 6.42 Å². The summed E-state index contributed by atoms with van der Waals surface area (Å²) in [6.07, 6.45) is 2.61. The first-order chi connectivity index (χ1) is 8.68. The fraction of sp³-hybridized carbons (Fsp3) is 0.600. The first-order valence-corrected chi connectivity index (χ1v) is 6.74. The summed E-state index contributed by atoms with van der Waals surface area (Å²) in [6.45, 7) is 2.15. The molecule has 1 heterocycles. The number of hydrogen-bond donors (Lipinski definition) is 2. The van der Waals surface area contributed by atoms with Crippen molar-refractivity contribution in [3.8, 4) is 5.75 Å². The zero-order chi connectivity index (χ0) is 12.6. The predicted molar refractivity (Wildman–Crippen MR) is 70.7 cm³/mol. The molecule has 1 aliphatic heterocycles. The number of methoxy groups -OCH3 is 1. The van der Waals surface area contributed by atoms with Crippen LogP contribution in [0.15, 0.2) is 24.3 Å². The minimum atomic E-state index is -0.510. The monoisotopic (exact) mass is 247 g/mol. The minimum Gasteiger partial charge on any atom is -0.497 e. The van der Waals surface area contributed by atoms with E-state index in [0.29, 0.717) is 11.8 Å². The molecule has 0 spiro atoms. The van der Waals surface area contributed by atoms with Gasteiger partial charge in [0.25, 0.3) is 0 Å². The van der Waals surface area contributed by atoms with E-state index in [2.05, 4.69) is 11.4 Å². The van der Waals surface area contributed by atoms with Crippen LogP contribution in [0.4, 0.5) is 0 Å². The van der Waals surface area contributed by atoms with Crippen LogP contribution in [0.2, 0.25) is 0 Å². The van der Waals surface area contributed by atoms with Gasteiger partial charge in [-0.15, -0.1) is 0 Å². The molecule has 2 aliphatic rings. The van der Waals surface area contributed by atoms with Gasteiger partial charge >= 0.3 is 0 Å². The maximum absolute atomic E-state index is 10.7. The Balaban J connectivity index is 1.72. The summed E-state index contributed by atoms with van der Waals surface area (Å²) in [6, 6.07) is 8.05. The van der Waals surface area contributed by atoms with Gasteiger partial charge in [0.1, 0.15) is 5.75 Å². The van der Waals surface area contributed by atoms with Gasteiger partial charge in [0.05, 0.1) is 12.7 Å². The fourth-order valence-electron chi connectivity index (χ4n) is 3.63. The molecule has 0 radical (unpaired) electrons. The number of ether oxygens (including phenoxy) is 1. The second-order valence-corrected chi connectivity index (χ2v) is 5.84. The Morgan fingerprint density at radius 3 is 2.72 bits per heavy atom. The fourth-order valence-corrected chi connectivity index (χ4v) is 3.63. The van der Waals surface area contributed by atoms with Crippen molar-refractivity contribution in [1.29, 1.82) is 0 Å². The standard InChI is InChI=1S/C15H21NO2/c1-18-14-4-2-3-11(5-14)6-15(17)7-12-9-16-10-13(12)8-15/h2-5,12-13,16-17H,6-10H2,1H3. The van der Waals surface area contributed by atoms with Crippen LogP contribution in [0.1, 0.15) is 18.4 Å². The molecule has 1 aromatic carbocycles. The van der Waals surface area contributed by atoms with Crippen molar-refractivity contribution < 1.29 is 9.84 Å². The molecule has 18 heavy (non-hydrogen) atoms. The van der Waals surface area contributed by atoms with Crippen LogP contribution in [0.25, 0.3) is 0 Å². The molecule has 2 unspecified atom stereocenters. The Bertz CT molecular complexity index is 420. The molecule has 1 aromatic rings. The average Bonchev–Trinajstić information content (AvgIpc) is 2.87. The number of hydrogen-bond acceptors (Lipinski definition) is 3. The van der Waals surface area contributed by atoms with Crippen LogP contribution in [0.5, 0.6) is 5.75 Å². The van der Waals surface area contributed by atoms with Crippen molar-refractivity contribution in [3.05, 3.63) is 29.8 Å². The molecule has 0 amide bonds. The summed E-state index contributed by atoms with van der Waals surface area (Å²) in [4.78, 5) is 0. The number of nitrogens with one attached hydrogen (secondary N) is 1. The van der Waals surface area contributed by atoms with Crippen LogP contribution >= 0.6 is 0 Å². The third-order valence-electron chi connectivity index (χ3n) is 4.43. The van der Waals surface area contributed by atoms with Crippen LogP contribution in [0.3, 0.4) is 0 Å². The van der Waals surface area contributed by atoms with Crippen LogP contribution in [-0.4, -0.2) is 30.9 Å². The molecule has 3 nitrogen and oxygen atoms in total. The number of aliphatic hydroxyl groups is 1. The molecule has 0 aromatic heterocycles. The van der Waals surface area contributed by atoms with E-state index in [1.165, 1.54) is 5.56 Å². The summed E-state index contributed by atoms with van der Waals surface area (Å²) in [7, 11) is 1.68. The first-order valence-electron chi connectivity index (χ1n) is 6.74. The highest BCUT2D eigenvalue weighted by molar-refractivity contribution is 5.29. The van der Waals surface area contributed by atoms with Crippen molar-refractivity contribution in [2.45, 2.75) is 24.9 Å². The Morgan fingerprint density at radius 2 is 2.06 bits per heavy atom. The molecule has 1 saturated carbocycles. The smallest absolute Gasteiger partial charge is 0.119 e. The molecule has 2 N–H and O–H groups in total. The molecule has 1 aliphatic carbocycles. The molecule has 98 valence electrons. The zero-order valence-electron chi connectivity index (χ0n) is 10.9. The largest absolute Gasteiger partial charge is 0.497 e. The van der Waals surface area contributed by atoms with E-state index in [9.17, 15) is 5.11 Å². The third-order valence-corrected chi connectivity index (χ3v) is 4.43. The Hall–Kier alpha value is -1.06. The van der Waals surface area contributed by atoms with E-state index in [-0.39, 0.29) is 0 Å². The van der Waals surface area contributed by atoms with Gasteiger partial charge < -0.3 is 15.2 Å². The summed E-state index contributed by atoms with van der Waals surface area (Å²) < 4.78 is 5.24. The molecular formula is C15H21NO2. The van der Waals surface area contributed by atoms with Gasteiger partial charge in [-0.2, -0.15) is 0 Å². The number of rotatable bonds is 3. The van der Waals surface area contributed by atoms with Crippen molar-refractivity contribution in [1.82, 2.24) is 5.32 Å². The number of benzene rings is 1. The summed E-state index contributed by atoms with van der Waals surface area (Å²) in [5.41, 5.74) is 0.661. The first kappa shape index (κ1) is 12.0. The van der Waals surface area contributed by atoms with E-state index in [1.54, 1.807) is 7.11 Å². The second-order valence-electron chi connectivity index (χ2n) is 5.84. The van der Waals surface area contributed by atoms with Gasteiger partial charge in [0.15, 0.2) is 0 Å². The average molecular weight is 247 g/mol. The quantitative estimate of drug-likeness (QED) is 0.852. The van der Waals surface area contributed by atoms with E-state index in [4.69, 9.17) is 4.74 Å². The van der Waals surface area contributed by atoms with E-state index < -0.39 is 5.60 Å². The Morgan fingerprint density at radius 1 is 1.33 bits per heavy atom. The highest BCUT2D eigenvalue weighted by Gasteiger charge is 2.45. The number of fused-ring (bicyclic) bond motifs is 1. The summed E-state index contributed by atoms with van der Waals surface area (Å²) in [5, 5.41) is 14.2. The van der Waals surface area contributed by atoms with Crippen LogP contribution < -0.4 is 10.1 Å². The normalized spacial score (nSPS) is 34.6. The second kappa shape index (κ2) is 4.56. The van der Waals surface area contributed by atoms with Gasteiger partial charge in [0.2, 0.25) is 0 Å². The topological polar surface area (TPSA) is 41.5 Å². The third kappa shape index (κ3) is 2.25. The van der Waals surface area contributed by atoms with E-state index >= 15 is 0 Å². The van der Waals surface area contributed by atoms with Crippen molar-refractivity contribution in [2.24, 2.45) is 11.8 Å². The Labute approximate surface area is 108 Å². The lowest BCUT2D eigenvalue weighted by molar-refractivity contribution is 0.0398. The Kier molecular flexibility index (Phi) is 3.04.